The maximum atomic E-state index is 13.3. The fourth-order valence-electron chi connectivity index (χ4n) is 4.15. The summed E-state index contributed by atoms with van der Waals surface area (Å²) in [6.07, 6.45) is 7.10. The summed E-state index contributed by atoms with van der Waals surface area (Å²) in [6.45, 7) is 2.64. The van der Waals surface area contributed by atoms with Gasteiger partial charge in [0.15, 0.2) is 0 Å². The largest absolute Gasteiger partial charge is 0.497 e. The lowest BCUT2D eigenvalue weighted by Gasteiger charge is -2.29. The molecule has 1 aromatic carbocycles. The number of methoxy groups -OCH3 is 1. The molecular formula is C20H26N4O2. The monoisotopic (exact) mass is 354 g/mol. The van der Waals surface area contributed by atoms with Gasteiger partial charge >= 0.3 is 0 Å². The first-order chi connectivity index (χ1) is 12.6. The van der Waals surface area contributed by atoms with Crippen molar-refractivity contribution in [3.05, 3.63) is 48.0 Å². The molecule has 1 N–H and O–H groups in total. The Morgan fingerprint density at radius 1 is 1.35 bits per heavy atom. The van der Waals surface area contributed by atoms with Crippen LogP contribution in [-0.4, -0.2) is 46.6 Å². The SMILES string of the molecule is COc1ccc(C(=O)N(Cc2nccn2C)C2CC23CCNCC3)cc1. The summed E-state index contributed by atoms with van der Waals surface area (Å²) in [4.78, 5) is 19.8. The Hall–Kier alpha value is -2.34. The summed E-state index contributed by atoms with van der Waals surface area (Å²) in [7, 11) is 3.61. The van der Waals surface area contributed by atoms with Crippen molar-refractivity contribution in [3.8, 4) is 5.75 Å². The van der Waals surface area contributed by atoms with Gasteiger partial charge in [-0.1, -0.05) is 0 Å². The van der Waals surface area contributed by atoms with Crippen molar-refractivity contribution in [2.24, 2.45) is 12.5 Å². The molecule has 1 aromatic heterocycles. The Bertz CT molecular complexity index is 777. The molecule has 4 rings (SSSR count). The standard InChI is InChI=1S/C20H26N4O2/c1-23-12-11-22-18(23)14-24(17-13-20(17)7-9-21-10-8-20)19(25)15-3-5-16(26-2)6-4-15/h3-6,11-12,17,21H,7-10,13-14H2,1-2H3. The molecule has 1 spiro atoms. The van der Waals surface area contributed by atoms with Crippen LogP contribution in [0, 0.1) is 5.41 Å². The van der Waals surface area contributed by atoms with Crippen LogP contribution in [0.2, 0.25) is 0 Å². The summed E-state index contributed by atoms with van der Waals surface area (Å²) < 4.78 is 7.21. The number of piperidine rings is 1. The number of carbonyl (C=O) groups excluding carboxylic acids is 1. The van der Waals surface area contributed by atoms with E-state index in [0.29, 0.717) is 23.6 Å². The quantitative estimate of drug-likeness (QED) is 0.894. The number of hydrogen-bond acceptors (Lipinski definition) is 4. The van der Waals surface area contributed by atoms with Crippen molar-refractivity contribution >= 4 is 5.91 Å². The van der Waals surface area contributed by atoms with E-state index in [4.69, 9.17) is 4.74 Å². The van der Waals surface area contributed by atoms with Crippen LogP contribution in [0.1, 0.15) is 35.4 Å². The Morgan fingerprint density at radius 3 is 2.69 bits per heavy atom. The first-order valence-electron chi connectivity index (χ1n) is 9.25. The van der Waals surface area contributed by atoms with Gasteiger partial charge < -0.3 is 19.5 Å². The van der Waals surface area contributed by atoms with E-state index in [9.17, 15) is 4.79 Å². The van der Waals surface area contributed by atoms with Crippen LogP contribution >= 0.6 is 0 Å². The molecule has 1 saturated carbocycles. The minimum atomic E-state index is 0.0797. The number of ether oxygens (including phenoxy) is 1. The van der Waals surface area contributed by atoms with Crippen LogP contribution in [0.25, 0.3) is 0 Å². The Labute approximate surface area is 154 Å². The van der Waals surface area contributed by atoms with E-state index in [1.165, 1.54) is 0 Å². The van der Waals surface area contributed by atoms with Crippen molar-refractivity contribution in [2.45, 2.75) is 31.8 Å². The number of benzene rings is 1. The number of aromatic nitrogens is 2. The predicted molar refractivity (Wildman–Crippen MR) is 99.0 cm³/mol. The van der Waals surface area contributed by atoms with Gasteiger partial charge in [-0.2, -0.15) is 0 Å². The van der Waals surface area contributed by atoms with Gasteiger partial charge in [-0.15, -0.1) is 0 Å². The van der Waals surface area contributed by atoms with Crippen molar-refractivity contribution in [1.82, 2.24) is 19.8 Å². The summed E-state index contributed by atoms with van der Waals surface area (Å²) >= 11 is 0. The van der Waals surface area contributed by atoms with E-state index in [2.05, 4.69) is 10.3 Å². The minimum Gasteiger partial charge on any atom is -0.497 e. The molecular weight excluding hydrogens is 328 g/mol. The molecule has 6 nitrogen and oxygen atoms in total. The van der Waals surface area contributed by atoms with Gasteiger partial charge in [0.25, 0.3) is 5.91 Å². The maximum absolute atomic E-state index is 13.3. The maximum Gasteiger partial charge on any atom is 0.254 e. The molecule has 1 aliphatic heterocycles. The van der Waals surface area contributed by atoms with Gasteiger partial charge in [-0.3, -0.25) is 4.79 Å². The number of amides is 1. The number of imidazole rings is 1. The van der Waals surface area contributed by atoms with E-state index in [-0.39, 0.29) is 5.91 Å². The molecule has 1 unspecified atom stereocenters. The van der Waals surface area contributed by atoms with Crippen molar-refractivity contribution in [3.63, 3.8) is 0 Å². The van der Waals surface area contributed by atoms with Gasteiger partial charge in [0.1, 0.15) is 11.6 Å². The molecule has 0 bridgehead atoms. The molecule has 2 fully saturated rings. The van der Waals surface area contributed by atoms with Crippen LogP contribution in [0.15, 0.2) is 36.7 Å². The number of hydrogen-bond donors (Lipinski definition) is 1. The van der Waals surface area contributed by atoms with Gasteiger partial charge in [0.2, 0.25) is 0 Å². The van der Waals surface area contributed by atoms with Crippen LogP contribution in [0.3, 0.4) is 0 Å². The summed E-state index contributed by atoms with van der Waals surface area (Å²) in [5.41, 5.74) is 0.995. The third-order valence-corrected chi connectivity index (χ3v) is 5.95. The van der Waals surface area contributed by atoms with Crippen molar-refractivity contribution in [1.29, 1.82) is 0 Å². The highest BCUT2D eigenvalue weighted by Gasteiger charge is 2.57. The number of carbonyl (C=O) groups is 1. The summed E-state index contributed by atoms with van der Waals surface area (Å²) in [5, 5.41) is 3.43. The molecule has 6 heteroatoms. The highest BCUT2D eigenvalue weighted by Crippen LogP contribution is 2.56. The van der Waals surface area contributed by atoms with E-state index >= 15 is 0 Å². The van der Waals surface area contributed by atoms with E-state index in [1.807, 2.05) is 47.0 Å². The minimum absolute atomic E-state index is 0.0797. The first-order valence-corrected chi connectivity index (χ1v) is 9.25. The smallest absolute Gasteiger partial charge is 0.254 e. The topological polar surface area (TPSA) is 59.4 Å². The van der Waals surface area contributed by atoms with E-state index in [1.54, 1.807) is 13.3 Å². The molecule has 2 aromatic rings. The average molecular weight is 354 g/mol. The molecule has 138 valence electrons. The zero-order chi connectivity index (χ0) is 18.1. The molecule has 0 radical (unpaired) electrons. The Balaban J connectivity index is 1.59. The highest BCUT2D eigenvalue weighted by atomic mass is 16.5. The van der Waals surface area contributed by atoms with Gasteiger partial charge in [-0.05, 0) is 62.0 Å². The zero-order valence-corrected chi connectivity index (χ0v) is 15.4. The van der Waals surface area contributed by atoms with Crippen molar-refractivity contribution < 1.29 is 9.53 Å². The Kier molecular flexibility index (Phi) is 4.44. The summed E-state index contributed by atoms with van der Waals surface area (Å²) in [6, 6.07) is 7.70. The Morgan fingerprint density at radius 2 is 2.08 bits per heavy atom. The van der Waals surface area contributed by atoms with Crippen LogP contribution in [0.5, 0.6) is 5.75 Å². The number of rotatable bonds is 5. The average Bonchev–Trinajstić information content (AvgIpc) is 3.19. The molecule has 1 atom stereocenters. The second-order valence-corrected chi connectivity index (χ2v) is 7.45. The fraction of sp³-hybridized carbons (Fsp3) is 0.500. The molecule has 1 amide bonds. The first kappa shape index (κ1) is 17.1. The third kappa shape index (κ3) is 3.09. The molecule has 1 saturated heterocycles. The highest BCUT2D eigenvalue weighted by molar-refractivity contribution is 5.94. The number of aryl methyl sites for hydroxylation is 1. The lowest BCUT2D eigenvalue weighted by molar-refractivity contribution is 0.0685. The lowest BCUT2D eigenvalue weighted by atomic mass is 9.93. The van der Waals surface area contributed by atoms with E-state index in [0.717, 1.165) is 43.9 Å². The molecule has 2 heterocycles. The van der Waals surface area contributed by atoms with Crippen molar-refractivity contribution in [2.75, 3.05) is 20.2 Å². The second kappa shape index (κ2) is 6.76. The molecule has 26 heavy (non-hydrogen) atoms. The second-order valence-electron chi connectivity index (χ2n) is 7.45. The van der Waals surface area contributed by atoms with Gasteiger partial charge in [-0.25, -0.2) is 4.98 Å². The zero-order valence-electron chi connectivity index (χ0n) is 15.4. The summed E-state index contributed by atoms with van der Waals surface area (Å²) in [5.74, 6) is 1.76. The number of nitrogens with one attached hydrogen (secondary N) is 1. The van der Waals surface area contributed by atoms with Gasteiger partial charge in [0.05, 0.1) is 13.7 Å². The van der Waals surface area contributed by atoms with Gasteiger partial charge in [0, 0.05) is 31.0 Å². The molecule has 1 aliphatic carbocycles. The molecule has 2 aliphatic rings. The van der Waals surface area contributed by atoms with Crippen LogP contribution < -0.4 is 10.1 Å². The fourth-order valence-corrected chi connectivity index (χ4v) is 4.15. The van der Waals surface area contributed by atoms with E-state index < -0.39 is 0 Å². The number of nitrogens with zero attached hydrogens (tertiary/aromatic N) is 3. The lowest BCUT2D eigenvalue weighted by Crippen LogP contribution is -2.39. The van der Waals surface area contributed by atoms with Crippen LogP contribution in [-0.2, 0) is 13.6 Å². The normalized spacial score (nSPS) is 20.8. The van der Waals surface area contributed by atoms with Crippen LogP contribution in [0.4, 0.5) is 0 Å². The third-order valence-electron chi connectivity index (χ3n) is 5.95. The predicted octanol–water partition coefficient (Wildman–Crippen LogP) is 2.21.